The van der Waals surface area contributed by atoms with Gasteiger partial charge in [0.2, 0.25) is 0 Å². The van der Waals surface area contributed by atoms with Crippen molar-refractivity contribution >= 4 is 0 Å². The molecule has 3 nitrogen and oxygen atoms in total. The second kappa shape index (κ2) is 5.32. The summed E-state index contributed by atoms with van der Waals surface area (Å²) in [6.07, 6.45) is 4.94. The van der Waals surface area contributed by atoms with Crippen molar-refractivity contribution in [1.29, 1.82) is 0 Å². The smallest absolute Gasteiger partial charge is 0.122 e. The monoisotopic (exact) mass is 220 g/mol. The van der Waals surface area contributed by atoms with Crippen LogP contribution in [0.5, 0.6) is 5.75 Å². The summed E-state index contributed by atoms with van der Waals surface area (Å²) < 4.78 is 5.79. The van der Waals surface area contributed by atoms with Crippen LogP contribution < -0.4 is 10.6 Å². The van der Waals surface area contributed by atoms with Gasteiger partial charge in [0.1, 0.15) is 12.4 Å². The number of nitrogens with zero attached hydrogens (tertiary/aromatic N) is 1. The summed E-state index contributed by atoms with van der Waals surface area (Å²) >= 11 is 0. The van der Waals surface area contributed by atoms with Gasteiger partial charge in [0.05, 0.1) is 0 Å². The van der Waals surface area contributed by atoms with Crippen LogP contribution in [0.25, 0.3) is 0 Å². The third-order valence-corrected chi connectivity index (χ3v) is 3.05. The van der Waals surface area contributed by atoms with Crippen LogP contribution in [0.1, 0.15) is 24.0 Å². The second-order valence-electron chi connectivity index (χ2n) is 4.43. The fourth-order valence-corrected chi connectivity index (χ4v) is 2.18. The number of aryl methyl sites for hydroxylation is 1. The fraction of sp³-hybridized carbons (Fsp3) is 0.538. The lowest BCUT2D eigenvalue weighted by molar-refractivity contribution is 0.239. The number of hydrogen-bond acceptors (Lipinski definition) is 3. The van der Waals surface area contributed by atoms with E-state index in [9.17, 15) is 0 Å². The summed E-state index contributed by atoms with van der Waals surface area (Å²) in [6, 6.07) is 6.38. The number of likely N-dealkylation sites (N-methyl/N-ethyl adjacent to an activating group) is 1. The van der Waals surface area contributed by atoms with Crippen molar-refractivity contribution in [3.63, 3.8) is 0 Å². The van der Waals surface area contributed by atoms with Gasteiger partial charge < -0.3 is 4.74 Å². The third kappa shape index (κ3) is 2.74. The number of hydrazine groups is 1. The van der Waals surface area contributed by atoms with Crippen molar-refractivity contribution in [1.82, 2.24) is 5.01 Å². The maximum atomic E-state index is 5.79. The molecular formula is C13H20N2O. The summed E-state index contributed by atoms with van der Waals surface area (Å²) in [5, 5.41) is 1.65. The Bertz CT molecular complexity index is 350. The Kier molecular flexibility index (Phi) is 3.80. The zero-order valence-electron chi connectivity index (χ0n) is 9.91. The Labute approximate surface area is 97.2 Å². The second-order valence-corrected chi connectivity index (χ2v) is 4.43. The van der Waals surface area contributed by atoms with Gasteiger partial charge >= 0.3 is 0 Å². The Morgan fingerprint density at radius 2 is 2.12 bits per heavy atom. The van der Waals surface area contributed by atoms with E-state index in [1.165, 1.54) is 30.4 Å². The minimum absolute atomic E-state index is 0.656. The molecule has 0 saturated heterocycles. The number of benzene rings is 1. The average molecular weight is 220 g/mol. The van der Waals surface area contributed by atoms with Crippen LogP contribution in [0.15, 0.2) is 18.2 Å². The van der Waals surface area contributed by atoms with Gasteiger partial charge in [-0.1, -0.05) is 12.1 Å². The lowest BCUT2D eigenvalue weighted by Crippen LogP contribution is -2.30. The van der Waals surface area contributed by atoms with Gasteiger partial charge in [0, 0.05) is 13.6 Å². The van der Waals surface area contributed by atoms with E-state index in [4.69, 9.17) is 10.6 Å². The van der Waals surface area contributed by atoms with E-state index in [1.54, 1.807) is 5.01 Å². The maximum Gasteiger partial charge on any atom is 0.122 e. The molecule has 0 radical (unpaired) electrons. The third-order valence-electron chi connectivity index (χ3n) is 3.05. The van der Waals surface area contributed by atoms with Crippen molar-refractivity contribution in [2.24, 2.45) is 5.84 Å². The summed E-state index contributed by atoms with van der Waals surface area (Å²) in [5.41, 5.74) is 2.87. The number of fused-ring (bicyclic) bond motifs is 1. The Hall–Kier alpha value is -1.06. The molecule has 1 aliphatic carbocycles. The first-order valence-corrected chi connectivity index (χ1v) is 5.97. The molecule has 0 spiro atoms. The van der Waals surface area contributed by atoms with Gasteiger partial charge in [-0.15, -0.1) is 0 Å². The first kappa shape index (κ1) is 11.4. The highest BCUT2D eigenvalue weighted by atomic mass is 16.5. The van der Waals surface area contributed by atoms with Crippen LogP contribution in [0.4, 0.5) is 0 Å². The quantitative estimate of drug-likeness (QED) is 0.620. The lowest BCUT2D eigenvalue weighted by Gasteiger charge is -2.20. The molecule has 0 bridgehead atoms. The predicted octanol–water partition coefficient (Wildman–Crippen LogP) is 1.75. The van der Waals surface area contributed by atoms with Crippen molar-refractivity contribution in [3.05, 3.63) is 29.3 Å². The van der Waals surface area contributed by atoms with Crippen LogP contribution in [0.3, 0.4) is 0 Å². The molecule has 2 rings (SSSR count). The first-order valence-electron chi connectivity index (χ1n) is 5.97. The molecular weight excluding hydrogens is 200 g/mol. The van der Waals surface area contributed by atoms with E-state index >= 15 is 0 Å². The van der Waals surface area contributed by atoms with E-state index < -0.39 is 0 Å². The molecule has 1 aliphatic rings. The SMILES string of the molecule is CN(N)CCOc1cccc2c1CCCC2. The molecule has 0 unspecified atom stereocenters. The molecule has 3 heteroatoms. The molecule has 0 atom stereocenters. The number of ether oxygens (including phenoxy) is 1. The molecule has 0 fully saturated rings. The molecule has 0 heterocycles. The molecule has 0 aromatic heterocycles. The Balaban J connectivity index is 2.03. The molecule has 88 valence electrons. The van der Waals surface area contributed by atoms with Crippen molar-refractivity contribution < 1.29 is 4.74 Å². The van der Waals surface area contributed by atoms with Gasteiger partial charge in [0.25, 0.3) is 0 Å². The first-order chi connectivity index (χ1) is 7.77. The minimum Gasteiger partial charge on any atom is -0.492 e. The number of nitrogens with two attached hydrogens (primary N) is 1. The van der Waals surface area contributed by atoms with Gasteiger partial charge in [-0.3, -0.25) is 5.84 Å². The minimum atomic E-state index is 0.656. The highest BCUT2D eigenvalue weighted by Crippen LogP contribution is 2.29. The average Bonchev–Trinajstić information content (AvgIpc) is 2.29. The van der Waals surface area contributed by atoms with Crippen LogP contribution in [-0.4, -0.2) is 25.2 Å². The van der Waals surface area contributed by atoms with E-state index in [0.717, 1.165) is 18.7 Å². The van der Waals surface area contributed by atoms with E-state index in [-0.39, 0.29) is 0 Å². The fourth-order valence-electron chi connectivity index (χ4n) is 2.18. The summed E-state index contributed by atoms with van der Waals surface area (Å²) in [4.78, 5) is 0. The zero-order chi connectivity index (χ0) is 11.4. The lowest BCUT2D eigenvalue weighted by atomic mass is 9.91. The van der Waals surface area contributed by atoms with Crippen LogP contribution in [-0.2, 0) is 12.8 Å². The van der Waals surface area contributed by atoms with E-state index in [2.05, 4.69) is 18.2 Å². The van der Waals surface area contributed by atoms with Gasteiger partial charge in [-0.25, -0.2) is 5.01 Å². The van der Waals surface area contributed by atoms with Crippen molar-refractivity contribution in [2.75, 3.05) is 20.2 Å². The van der Waals surface area contributed by atoms with Gasteiger partial charge in [-0.2, -0.15) is 0 Å². The summed E-state index contributed by atoms with van der Waals surface area (Å²) in [7, 11) is 1.85. The number of hydrogen-bond donors (Lipinski definition) is 1. The van der Waals surface area contributed by atoms with Crippen molar-refractivity contribution in [2.45, 2.75) is 25.7 Å². The van der Waals surface area contributed by atoms with Crippen LogP contribution >= 0.6 is 0 Å². The summed E-state index contributed by atoms with van der Waals surface area (Å²) in [6.45, 7) is 1.41. The van der Waals surface area contributed by atoms with Crippen molar-refractivity contribution in [3.8, 4) is 5.75 Å². The Morgan fingerprint density at radius 3 is 2.94 bits per heavy atom. The predicted molar refractivity (Wildman–Crippen MR) is 65.4 cm³/mol. The molecule has 0 saturated carbocycles. The molecule has 1 aromatic carbocycles. The van der Waals surface area contributed by atoms with E-state index in [0.29, 0.717) is 6.61 Å². The molecule has 0 aliphatic heterocycles. The van der Waals surface area contributed by atoms with Crippen LogP contribution in [0, 0.1) is 0 Å². The standard InChI is InChI=1S/C13H20N2O/c1-15(14)9-10-16-13-8-4-6-11-5-2-3-7-12(11)13/h4,6,8H,2-3,5,7,9-10,14H2,1H3. The molecule has 2 N–H and O–H groups in total. The largest absolute Gasteiger partial charge is 0.492 e. The normalized spacial score (nSPS) is 14.9. The van der Waals surface area contributed by atoms with Gasteiger partial charge in [0.15, 0.2) is 0 Å². The highest BCUT2D eigenvalue weighted by molar-refractivity contribution is 5.41. The highest BCUT2D eigenvalue weighted by Gasteiger charge is 2.13. The maximum absolute atomic E-state index is 5.79. The number of rotatable bonds is 4. The molecule has 1 aromatic rings. The topological polar surface area (TPSA) is 38.5 Å². The van der Waals surface area contributed by atoms with E-state index in [1.807, 2.05) is 7.05 Å². The van der Waals surface area contributed by atoms with Gasteiger partial charge in [-0.05, 0) is 42.9 Å². The summed E-state index contributed by atoms with van der Waals surface area (Å²) in [5.74, 6) is 6.60. The van der Waals surface area contributed by atoms with Crippen LogP contribution in [0.2, 0.25) is 0 Å². The Morgan fingerprint density at radius 1 is 1.31 bits per heavy atom. The molecule has 16 heavy (non-hydrogen) atoms. The molecule has 0 amide bonds. The zero-order valence-corrected chi connectivity index (χ0v) is 9.91.